The van der Waals surface area contributed by atoms with Crippen molar-refractivity contribution in [1.82, 2.24) is 0 Å². The number of hydrogen-bond acceptors (Lipinski definition) is 1. The van der Waals surface area contributed by atoms with Crippen LogP contribution in [0.25, 0.3) is 0 Å². The fourth-order valence-electron chi connectivity index (χ4n) is 1.70. The van der Waals surface area contributed by atoms with Crippen LogP contribution in [0.4, 0.5) is 0 Å². The SMILES string of the molecule is CC(N)C1CC=CCC1C. The molecule has 0 saturated heterocycles. The fraction of sp³-hybridized carbons (Fsp3) is 0.778. The maximum atomic E-state index is 5.82. The van der Waals surface area contributed by atoms with E-state index in [-0.39, 0.29) is 0 Å². The van der Waals surface area contributed by atoms with Crippen molar-refractivity contribution in [2.75, 3.05) is 0 Å². The lowest BCUT2D eigenvalue weighted by molar-refractivity contribution is 0.304. The first-order valence-corrected chi connectivity index (χ1v) is 4.12. The summed E-state index contributed by atoms with van der Waals surface area (Å²) in [6, 6.07) is 0.361. The number of allylic oxidation sites excluding steroid dienone is 2. The van der Waals surface area contributed by atoms with Gasteiger partial charge in [0, 0.05) is 6.04 Å². The molecule has 1 rings (SSSR count). The zero-order valence-electron chi connectivity index (χ0n) is 6.88. The summed E-state index contributed by atoms with van der Waals surface area (Å²) in [5, 5.41) is 0. The van der Waals surface area contributed by atoms with Crippen molar-refractivity contribution in [3.63, 3.8) is 0 Å². The molecule has 0 aliphatic heterocycles. The van der Waals surface area contributed by atoms with Gasteiger partial charge in [0.25, 0.3) is 0 Å². The van der Waals surface area contributed by atoms with E-state index in [0.29, 0.717) is 12.0 Å². The van der Waals surface area contributed by atoms with E-state index in [1.807, 2.05) is 0 Å². The molecular weight excluding hydrogens is 122 g/mol. The van der Waals surface area contributed by atoms with Gasteiger partial charge in [0.2, 0.25) is 0 Å². The smallest absolute Gasteiger partial charge is 0.00443 e. The van der Waals surface area contributed by atoms with Crippen LogP contribution in [0.5, 0.6) is 0 Å². The molecule has 0 fully saturated rings. The van der Waals surface area contributed by atoms with Gasteiger partial charge in [0.15, 0.2) is 0 Å². The Bertz CT molecular complexity index is 127. The fourth-order valence-corrected chi connectivity index (χ4v) is 1.70. The molecule has 0 spiro atoms. The monoisotopic (exact) mass is 139 g/mol. The molecule has 1 aliphatic rings. The number of nitrogens with two attached hydrogens (primary N) is 1. The number of hydrogen-bond donors (Lipinski definition) is 1. The van der Waals surface area contributed by atoms with E-state index in [4.69, 9.17) is 5.73 Å². The Hall–Kier alpha value is -0.300. The lowest BCUT2D eigenvalue weighted by atomic mass is 9.80. The van der Waals surface area contributed by atoms with Gasteiger partial charge in [-0.15, -0.1) is 0 Å². The van der Waals surface area contributed by atoms with E-state index in [2.05, 4.69) is 26.0 Å². The molecule has 0 amide bonds. The minimum Gasteiger partial charge on any atom is -0.328 e. The topological polar surface area (TPSA) is 26.0 Å². The van der Waals surface area contributed by atoms with Gasteiger partial charge < -0.3 is 5.73 Å². The highest BCUT2D eigenvalue weighted by atomic mass is 14.6. The van der Waals surface area contributed by atoms with E-state index in [0.717, 1.165) is 5.92 Å². The maximum Gasteiger partial charge on any atom is 0.00443 e. The molecule has 1 aliphatic carbocycles. The van der Waals surface area contributed by atoms with Crippen molar-refractivity contribution in [2.24, 2.45) is 17.6 Å². The predicted octanol–water partition coefficient (Wildman–Crippen LogP) is 1.94. The molecule has 0 heterocycles. The molecule has 0 aromatic heterocycles. The standard InChI is InChI=1S/C9H17N/c1-7-5-3-4-6-9(7)8(2)10/h3-4,7-9H,5-6,10H2,1-2H3. The van der Waals surface area contributed by atoms with Crippen LogP contribution in [0.15, 0.2) is 12.2 Å². The first kappa shape index (κ1) is 7.80. The predicted molar refractivity (Wildman–Crippen MR) is 44.7 cm³/mol. The summed E-state index contributed by atoms with van der Waals surface area (Å²) in [5.74, 6) is 1.50. The van der Waals surface area contributed by atoms with Gasteiger partial charge in [-0.05, 0) is 31.6 Å². The molecule has 58 valence electrons. The summed E-state index contributed by atoms with van der Waals surface area (Å²) in [5.41, 5.74) is 5.82. The van der Waals surface area contributed by atoms with E-state index in [1.165, 1.54) is 12.8 Å². The average molecular weight is 139 g/mol. The zero-order valence-corrected chi connectivity index (χ0v) is 6.88. The van der Waals surface area contributed by atoms with E-state index < -0.39 is 0 Å². The van der Waals surface area contributed by atoms with Gasteiger partial charge >= 0.3 is 0 Å². The molecular formula is C9H17N. The van der Waals surface area contributed by atoms with Gasteiger partial charge in [-0.25, -0.2) is 0 Å². The molecule has 0 saturated carbocycles. The minimum atomic E-state index is 0.361. The quantitative estimate of drug-likeness (QED) is 0.552. The van der Waals surface area contributed by atoms with Gasteiger partial charge in [-0.2, -0.15) is 0 Å². The Morgan fingerprint density at radius 3 is 2.40 bits per heavy atom. The van der Waals surface area contributed by atoms with Crippen LogP contribution in [0.2, 0.25) is 0 Å². The van der Waals surface area contributed by atoms with Crippen LogP contribution in [0, 0.1) is 11.8 Å². The summed E-state index contributed by atoms with van der Waals surface area (Å²) < 4.78 is 0. The highest BCUT2D eigenvalue weighted by Gasteiger charge is 2.20. The second-order valence-electron chi connectivity index (χ2n) is 3.44. The Morgan fingerprint density at radius 1 is 1.40 bits per heavy atom. The van der Waals surface area contributed by atoms with Gasteiger partial charge in [0.1, 0.15) is 0 Å². The summed E-state index contributed by atoms with van der Waals surface area (Å²) in [6.45, 7) is 4.40. The summed E-state index contributed by atoms with van der Waals surface area (Å²) in [4.78, 5) is 0. The van der Waals surface area contributed by atoms with E-state index in [1.54, 1.807) is 0 Å². The lowest BCUT2D eigenvalue weighted by Gasteiger charge is -2.28. The minimum absolute atomic E-state index is 0.361. The summed E-state index contributed by atoms with van der Waals surface area (Å²) in [6.07, 6.45) is 6.92. The molecule has 0 radical (unpaired) electrons. The van der Waals surface area contributed by atoms with E-state index >= 15 is 0 Å². The molecule has 3 atom stereocenters. The lowest BCUT2D eigenvalue weighted by Crippen LogP contribution is -2.32. The van der Waals surface area contributed by atoms with Crippen LogP contribution in [0.3, 0.4) is 0 Å². The molecule has 3 unspecified atom stereocenters. The summed E-state index contributed by atoms with van der Waals surface area (Å²) in [7, 11) is 0. The van der Waals surface area contributed by atoms with E-state index in [9.17, 15) is 0 Å². The highest BCUT2D eigenvalue weighted by molar-refractivity contribution is 4.95. The zero-order chi connectivity index (χ0) is 7.56. The Morgan fingerprint density at radius 2 is 2.00 bits per heavy atom. The number of rotatable bonds is 1. The second kappa shape index (κ2) is 3.20. The van der Waals surface area contributed by atoms with Crippen molar-refractivity contribution in [1.29, 1.82) is 0 Å². The summed E-state index contributed by atoms with van der Waals surface area (Å²) >= 11 is 0. The molecule has 0 bridgehead atoms. The highest BCUT2D eigenvalue weighted by Crippen LogP contribution is 2.26. The van der Waals surface area contributed by atoms with Crippen LogP contribution < -0.4 is 5.73 Å². The van der Waals surface area contributed by atoms with Crippen LogP contribution >= 0.6 is 0 Å². The Kier molecular flexibility index (Phi) is 2.50. The third-order valence-electron chi connectivity index (χ3n) is 2.49. The largest absolute Gasteiger partial charge is 0.328 e. The Balaban J connectivity index is 2.51. The van der Waals surface area contributed by atoms with Gasteiger partial charge in [-0.3, -0.25) is 0 Å². The van der Waals surface area contributed by atoms with Crippen molar-refractivity contribution in [2.45, 2.75) is 32.7 Å². The van der Waals surface area contributed by atoms with Crippen LogP contribution in [0.1, 0.15) is 26.7 Å². The maximum absolute atomic E-state index is 5.82. The van der Waals surface area contributed by atoms with Crippen molar-refractivity contribution in [3.05, 3.63) is 12.2 Å². The first-order chi connectivity index (χ1) is 4.72. The molecule has 0 aromatic carbocycles. The van der Waals surface area contributed by atoms with Crippen molar-refractivity contribution < 1.29 is 0 Å². The second-order valence-corrected chi connectivity index (χ2v) is 3.44. The van der Waals surface area contributed by atoms with Crippen LogP contribution in [-0.2, 0) is 0 Å². The third kappa shape index (κ3) is 1.60. The molecule has 1 heteroatoms. The van der Waals surface area contributed by atoms with Crippen LogP contribution in [-0.4, -0.2) is 6.04 Å². The van der Waals surface area contributed by atoms with Crippen molar-refractivity contribution in [3.8, 4) is 0 Å². The average Bonchev–Trinajstić information content (AvgIpc) is 1.88. The van der Waals surface area contributed by atoms with Gasteiger partial charge in [0.05, 0.1) is 0 Å². The molecule has 2 N–H and O–H groups in total. The Labute approximate surface area is 63.3 Å². The van der Waals surface area contributed by atoms with Gasteiger partial charge in [-0.1, -0.05) is 19.1 Å². The third-order valence-corrected chi connectivity index (χ3v) is 2.49. The normalized spacial score (nSPS) is 35.9. The molecule has 0 aromatic rings. The molecule has 1 nitrogen and oxygen atoms in total. The van der Waals surface area contributed by atoms with Crippen molar-refractivity contribution >= 4 is 0 Å². The first-order valence-electron chi connectivity index (χ1n) is 4.12. The molecule has 10 heavy (non-hydrogen) atoms.